The van der Waals surface area contributed by atoms with Gasteiger partial charge in [0.25, 0.3) is 0 Å². The molecule has 0 radical (unpaired) electrons. The van der Waals surface area contributed by atoms with Gasteiger partial charge in [0.15, 0.2) is 5.76 Å². The monoisotopic (exact) mass is 382 g/mol. The number of amides is 1. The predicted molar refractivity (Wildman–Crippen MR) is 94.6 cm³/mol. The number of rotatable bonds is 6. The van der Waals surface area contributed by atoms with Gasteiger partial charge in [0, 0.05) is 21.8 Å². The molecule has 0 spiro atoms. The molecule has 0 saturated heterocycles. The largest absolute Gasteiger partial charge is 0.365 e. The average molecular weight is 383 g/mol. The second kappa shape index (κ2) is 7.81. The molecule has 3 rings (SSSR count). The van der Waals surface area contributed by atoms with Gasteiger partial charge in [-0.3, -0.25) is 4.79 Å². The van der Waals surface area contributed by atoms with E-state index < -0.39 is 0 Å². The summed E-state index contributed by atoms with van der Waals surface area (Å²) in [5.41, 5.74) is 1.14. The van der Waals surface area contributed by atoms with Crippen LogP contribution in [0.1, 0.15) is 5.69 Å². The molecule has 2 aromatic heterocycles. The van der Waals surface area contributed by atoms with Crippen LogP contribution in [0.5, 0.6) is 0 Å². The lowest BCUT2D eigenvalue weighted by Crippen LogP contribution is -2.18. The lowest BCUT2D eigenvalue weighted by molar-refractivity contribution is -0.121. The summed E-state index contributed by atoms with van der Waals surface area (Å²) in [6.45, 7) is 0.0594. The molecule has 24 heavy (non-hydrogen) atoms. The normalized spacial score (nSPS) is 10.8. The summed E-state index contributed by atoms with van der Waals surface area (Å²) >= 11 is 13.3. The van der Waals surface area contributed by atoms with Crippen LogP contribution in [0, 0.1) is 0 Å². The highest BCUT2D eigenvalue weighted by Crippen LogP contribution is 2.25. The molecule has 0 aliphatic rings. The molecular weight excluding hydrogens is 371 g/mol. The maximum absolute atomic E-state index is 11.9. The van der Waals surface area contributed by atoms with E-state index in [2.05, 4.69) is 10.5 Å². The van der Waals surface area contributed by atoms with E-state index in [-0.39, 0.29) is 19.1 Å². The summed E-state index contributed by atoms with van der Waals surface area (Å²) in [5, 5.41) is 9.43. The van der Waals surface area contributed by atoms with Crippen LogP contribution in [0.3, 0.4) is 0 Å². The van der Waals surface area contributed by atoms with Gasteiger partial charge in [-0.1, -0.05) is 34.4 Å². The number of hydrogen-bond donors (Lipinski definition) is 1. The summed E-state index contributed by atoms with van der Waals surface area (Å²) in [6, 6.07) is 10.5. The van der Waals surface area contributed by atoms with Gasteiger partial charge in [-0.25, -0.2) is 0 Å². The van der Waals surface area contributed by atoms with E-state index in [0.717, 1.165) is 4.88 Å². The van der Waals surface area contributed by atoms with Gasteiger partial charge in [0.2, 0.25) is 5.91 Å². The Morgan fingerprint density at radius 2 is 2.04 bits per heavy atom. The van der Waals surface area contributed by atoms with Crippen molar-refractivity contribution in [1.29, 1.82) is 0 Å². The zero-order valence-electron chi connectivity index (χ0n) is 12.3. The molecule has 0 saturated carbocycles. The zero-order valence-corrected chi connectivity index (χ0v) is 14.6. The SMILES string of the molecule is O=C(COCc1cc(-c2cccs2)on1)Nc1cc(Cl)cc(Cl)c1. The number of hydrogen-bond acceptors (Lipinski definition) is 5. The highest BCUT2D eigenvalue weighted by atomic mass is 35.5. The molecule has 8 heteroatoms. The first-order valence-electron chi connectivity index (χ1n) is 6.93. The highest BCUT2D eigenvalue weighted by molar-refractivity contribution is 7.13. The minimum atomic E-state index is -0.310. The fraction of sp³-hybridized carbons (Fsp3) is 0.125. The van der Waals surface area contributed by atoms with Crippen LogP contribution in [-0.2, 0) is 16.1 Å². The Kier molecular flexibility index (Phi) is 5.52. The van der Waals surface area contributed by atoms with E-state index in [1.807, 2.05) is 17.5 Å². The fourth-order valence-corrected chi connectivity index (χ4v) is 3.19. The van der Waals surface area contributed by atoms with Crippen LogP contribution in [-0.4, -0.2) is 17.7 Å². The molecule has 0 fully saturated rings. The molecule has 5 nitrogen and oxygen atoms in total. The molecule has 0 aliphatic heterocycles. The van der Waals surface area contributed by atoms with E-state index in [1.54, 1.807) is 35.6 Å². The standard InChI is InChI=1S/C16H12Cl2N2O3S/c17-10-4-11(18)6-12(5-10)19-16(21)9-22-8-13-7-14(23-20-13)15-2-1-3-24-15/h1-7H,8-9H2,(H,19,21). The molecule has 0 unspecified atom stereocenters. The lowest BCUT2D eigenvalue weighted by atomic mass is 10.3. The number of carbonyl (C=O) groups excluding carboxylic acids is 1. The average Bonchev–Trinajstić information content (AvgIpc) is 3.17. The van der Waals surface area contributed by atoms with Gasteiger partial charge in [-0.2, -0.15) is 0 Å². The maximum atomic E-state index is 11.9. The smallest absolute Gasteiger partial charge is 0.250 e. The quantitative estimate of drug-likeness (QED) is 0.660. The molecule has 3 aromatic rings. The number of nitrogens with zero attached hydrogens (tertiary/aromatic N) is 1. The molecule has 124 valence electrons. The number of anilines is 1. The Bertz CT molecular complexity index is 813. The first-order valence-corrected chi connectivity index (χ1v) is 8.57. The minimum Gasteiger partial charge on any atom is -0.365 e. The van der Waals surface area contributed by atoms with Gasteiger partial charge in [-0.05, 0) is 29.6 Å². The molecular formula is C16H12Cl2N2O3S. The molecule has 1 N–H and O–H groups in total. The van der Waals surface area contributed by atoms with Crippen LogP contribution in [0.25, 0.3) is 10.6 Å². The Morgan fingerprint density at radius 3 is 2.75 bits per heavy atom. The molecule has 0 aliphatic carbocycles. The number of carbonyl (C=O) groups is 1. The van der Waals surface area contributed by atoms with E-state index in [4.69, 9.17) is 32.5 Å². The van der Waals surface area contributed by atoms with Crippen molar-refractivity contribution in [3.8, 4) is 10.6 Å². The molecule has 1 aromatic carbocycles. The van der Waals surface area contributed by atoms with Gasteiger partial charge < -0.3 is 14.6 Å². The highest BCUT2D eigenvalue weighted by Gasteiger charge is 2.09. The second-order valence-electron chi connectivity index (χ2n) is 4.86. The number of thiophene rings is 1. The van der Waals surface area contributed by atoms with Crippen molar-refractivity contribution in [1.82, 2.24) is 5.16 Å². The van der Waals surface area contributed by atoms with Crippen LogP contribution >= 0.6 is 34.5 Å². The maximum Gasteiger partial charge on any atom is 0.250 e. The van der Waals surface area contributed by atoms with E-state index in [9.17, 15) is 4.79 Å². The van der Waals surface area contributed by atoms with Crippen molar-refractivity contribution in [2.24, 2.45) is 0 Å². The van der Waals surface area contributed by atoms with Crippen molar-refractivity contribution >= 4 is 46.1 Å². The molecule has 1 amide bonds. The van der Waals surface area contributed by atoms with E-state index in [1.165, 1.54) is 0 Å². The van der Waals surface area contributed by atoms with Crippen LogP contribution in [0.15, 0.2) is 46.3 Å². The van der Waals surface area contributed by atoms with E-state index >= 15 is 0 Å². The predicted octanol–water partition coefficient (Wildman–Crippen LogP) is 4.87. The van der Waals surface area contributed by atoms with Crippen molar-refractivity contribution in [2.75, 3.05) is 11.9 Å². The van der Waals surface area contributed by atoms with Gasteiger partial charge in [-0.15, -0.1) is 11.3 Å². The van der Waals surface area contributed by atoms with Crippen LogP contribution < -0.4 is 5.32 Å². The molecule has 2 heterocycles. The topological polar surface area (TPSA) is 64.4 Å². The van der Waals surface area contributed by atoms with Gasteiger partial charge in [0.05, 0.1) is 11.5 Å². The number of halogens is 2. The molecule has 0 bridgehead atoms. The van der Waals surface area contributed by atoms with Gasteiger partial charge >= 0.3 is 0 Å². The van der Waals surface area contributed by atoms with Crippen molar-refractivity contribution in [3.05, 3.63) is 57.5 Å². The summed E-state index contributed by atoms with van der Waals surface area (Å²) in [6.07, 6.45) is 0. The van der Waals surface area contributed by atoms with Crippen LogP contribution in [0.4, 0.5) is 5.69 Å². The number of ether oxygens (including phenoxy) is 1. The third-order valence-electron chi connectivity index (χ3n) is 2.95. The van der Waals surface area contributed by atoms with Crippen LogP contribution in [0.2, 0.25) is 10.0 Å². The third-order valence-corrected chi connectivity index (χ3v) is 4.27. The molecule has 0 atom stereocenters. The Balaban J connectivity index is 1.48. The van der Waals surface area contributed by atoms with E-state index in [0.29, 0.717) is 27.2 Å². The van der Waals surface area contributed by atoms with Crippen molar-refractivity contribution in [3.63, 3.8) is 0 Å². The summed E-state index contributed by atoms with van der Waals surface area (Å²) in [5.74, 6) is 0.372. The summed E-state index contributed by atoms with van der Waals surface area (Å²) < 4.78 is 10.6. The van der Waals surface area contributed by atoms with Gasteiger partial charge in [0.1, 0.15) is 12.3 Å². The second-order valence-corrected chi connectivity index (χ2v) is 6.68. The number of aromatic nitrogens is 1. The van der Waals surface area contributed by atoms with Crippen molar-refractivity contribution in [2.45, 2.75) is 6.61 Å². The Morgan fingerprint density at radius 1 is 1.25 bits per heavy atom. The number of benzene rings is 1. The van der Waals surface area contributed by atoms with Crippen molar-refractivity contribution < 1.29 is 14.1 Å². The summed E-state index contributed by atoms with van der Waals surface area (Å²) in [7, 11) is 0. The lowest BCUT2D eigenvalue weighted by Gasteiger charge is -2.06. The fourth-order valence-electron chi connectivity index (χ4n) is 1.99. The Hall–Kier alpha value is -1.86. The first-order chi connectivity index (χ1) is 11.6. The third kappa shape index (κ3) is 4.58. The minimum absolute atomic E-state index is 0.120. The number of nitrogens with one attached hydrogen (secondary N) is 1. The Labute approximate surface area is 152 Å². The zero-order chi connectivity index (χ0) is 16.9. The first kappa shape index (κ1) is 17.0. The summed E-state index contributed by atoms with van der Waals surface area (Å²) in [4.78, 5) is 12.8.